The van der Waals surface area contributed by atoms with Crippen molar-refractivity contribution in [2.75, 3.05) is 25.1 Å². The Balaban J connectivity index is 2.05. The van der Waals surface area contributed by atoms with Crippen LogP contribution in [0.3, 0.4) is 0 Å². The molecule has 16 heavy (non-hydrogen) atoms. The summed E-state index contributed by atoms with van der Waals surface area (Å²) in [5, 5.41) is 2.79. The van der Waals surface area contributed by atoms with E-state index >= 15 is 0 Å². The van der Waals surface area contributed by atoms with Crippen molar-refractivity contribution < 1.29 is 4.79 Å². The third-order valence-corrected chi connectivity index (χ3v) is 2.54. The van der Waals surface area contributed by atoms with Gasteiger partial charge in [0.25, 0.3) is 0 Å². The second kappa shape index (κ2) is 4.91. The Hall–Kier alpha value is -1.66. The lowest BCUT2D eigenvalue weighted by molar-refractivity contribution is -0.124. The highest BCUT2D eigenvalue weighted by molar-refractivity contribution is 5.78. The number of pyridine rings is 1. The molecule has 1 saturated heterocycles. The van der Waals surface area contributed by atoms with Crippen LogP contribution in [0.5, 0.6) is 0 Å². The molecular formula is C10H15N5O. The summed E-state index contributed by atoms with van der Waals surface area (Å²) in [5.74, 6) is 6.10. The maximum Gasteiger partial charge on any atom is 0.234 e. The van der Waals surface area contributed by atoms with E-state index in [0.717, 1.165) is 12.1 Å². The molecule has 1 aromatic heterocycles. The van der Waals surface area contributed by atoms with Crippen molar-refractivity contribution in [2.45, 2.75) is 6.54 Å². The topological polar surface area (TPSA) is 83.3 Å². The standard InChI is InChI=1S/C10H15N5O/c11-14-10-8(2-1-3-13-10)6-15-5-4-12-9(16)7-15/h1-3H,4-7,11H2,(H,12,16)(H,13,14). The third kappa shape index (κ3) is 2.47. The number of nitrogens with zero attached hydrogens (tertiary/aromatic N) is 2. The van der Waals surface area contributed by atoms with Gasteiger partial charge in [0.1, 0.15) is 5.82 Å². The Bertz CT molecular complexity index is 381. The summed E-state index contributed by atoms with van der Waals surface area (Å²) >= 11 is 0. The Kier molecular flexibility index (Phi) is 3.33. The molecule has 86 valence electrons. The second-order valence-corrected chi connectivity index (χ2v) is 3.72. The van der Waals surface area contributed by atoms with Crippen LogP contribution in [0.25, 0.3) is 0 Å². The number of nitrogens with two attached hydrogens (primary N) is 1. The van der Waals surface area contributed by atoms with Crippen LogP contribution in [-0.2, 0) is 11.3 Å². The quantitative estimate of drug-likeness (QED) is 0.464. The lowest BCUT2D eigenvalue weighted by atomic mass is 10.2. The van der Waals surface area contributed by atoms with Gasteiger partial charge in [0, 0.05) is 31.4 Å². The van der Waals surface area contributed by atoms with Crippen molar-refractivity contribution in [3.63, 3.8) is 0 Å². The molecule has 2 rings (SSSR count). The number of carbonyl (C=O) groups excluding carboxylic acids is 1. The lowest BCUT2D eigenvalue weighted by Crippen LogP contribution is -2.47. The van der Waals surface area contributed by atoms with Crippen LogP contribution in [-0.4, -0.2) is 35.4 Å². The van der Waals surface area contributed by atoms with Crippen LogP contribution in [0.15, 0.2) is 18.3 Å². The first-order valence-corrected chi connectivity index (χ1v) is 5.19. The highest BCUT2D eigenvalue weighted by Gasteiger charge is 2.17. The van der Waals surface area contributed by atoms with E-state index in [1.165, 1.54) is 0 Å². The average molecular weight is 221 g/mol. The van der Waals surface area contributed by atoms with Gasteiger partial charge in [-0.3, -0.25) is 9.69 Å². The van der Waals surface area contributed by atoms with Gasteiger partial charge in [0.15, 0.2) is 0 Å². The zero-order chi connectivity index (χ0) is 11.4. The average Bonchev–Trinajstić information content (AvgIpc) is 2.30. The highest BCUT2D eigenvalue weighted by atomic mass is 16.2. The number of carbonyl (C=O) groups is 1. The number of nitrogens with one attached hydrogen (secondary N) is 2. The van der Waals surface area contributed by atoms with E-state index in [-0.39, 0.29) is 5.91 Å². The third-order valence-electron chi connectivity index (χ3n) is 2.54. The molecule has 0 unspecified atom stereocenters. The summed E-state index contributed by atoms with van der Waals surface area (Å²) in [6.45, 7) is 2.66. The van der Waals surface area contributed by atoms with Crippen molar-refractivity contribution >= 4 is 11.7 Å². The van der Waals surface area contributed by atoms with Crippen molar-refractivity contribution in [2.24, 2.45) is 5.84 Å². The molecule has 0 aliphatic carbocycles. The fourth-order valence-corrected chi connectivity index (χ4v) is 1.76. The maximum atomic E-state index is 11.2. The first kappa shape index (κ1) is 10.8. The van der Waals surface area contributed by atoms with Crippen LogP contribution in [0.4, 0.5) is 5.82 Å². The Morgan fingerprint density at radius 3 is 3.25 bits per heavy atom. The molecule has 1 aliphatic rings. The van der Waals surface area contributed by atoms with Gasteiger partial charge in [-0.15, -0.1) is 0 Å². The molecule has 6 nitrogen and oxygen atoms in total. The van der Waals surface area contributed by atoms with E-state index in [4.69, 9.17) is 5.84 Å². The lowest BCUT2D eigenvalue weighted by Gasteiger charge is -2.26. The van der Waals surface area contributed by atoms with Crippen LogP contribution in [0.2, 0.25) is 0 Å². The van der Waals surface area contributed by atoms with E-state index in [0.29, 0.717) is 25.5 Å². The van der Waals surface area contributed by atoms with Gasteiger partial charge >= 0.3 is 0 Å². The molecule has 0 radical (unpaired) electrons. The first-order chi connectivity index (χ1) is 7.79. The number of hydrogen-bond acceptors (Lipinski definition) is 5. The Morgan fingerprint density at radius 1 is 1.62 bits per heavy atom. The fourth-order valence-electron chi connectivity index (χ4n) is 1.76. The number of hydrogen-bond donors (Lipinski definition) is 3. The summed E-state index contributed by atoms with van der Waals surface area (Å²) in [7, 11) is 0. The first-order valence-electron chi connectivity index (χ1n) is 5.19. The molecule has 1 aromatic rings. The minimum atomic E-state index is 0.0670. The minimum absolute atomic E-state index is 0.0670. The molecule has 4 N–H and O–H groups in total. The van der Waals surface area contributed by atoms with Crippen LogP contribution in [0.1, 0.15) is 5.56 Å². The maximum absolute atomic E-state index is 11.2. The zero-order valence-electron chi connectivity index (χ0n) is 8.94. The number of rotatable bonds is 3. The van der Waals surface area contributed by atoms with Gasteiger partial charge < -0.3 is 10.7 Å². The summed E-state index contributed by atoms with van der Waals surface area (Å²) in [6.07, 6.45) is 1.68. The van der Waals surface area contributed by atoms with Crippen molar-refractivity contribution in [3.05, 3.63) is 23.9 Å². The van der Waals surface area contributed by atoms with E-state index in [1.54, 1.807) is 6.20 Å². The number of amides is 1. The smallest absolute Gasteiger partial charge is 0.234 e. The van der Waals surface area contributed by atoms with E-state index in [1.807, 2.05) is 12.1 Å². The molecule has 1 amide bonds. The Morgan fingerprint density at radius 2 is 2.50 bits per heavy atom. The molecule has 0 aromatic carbocycles. The highest BCUT2D eigenvalue weighted by Crippen LogP contribution is 2.13. The predicted molar refractivity (Wildman–Crippen MR) is 60.3 cm³/mol. The summed E-state index contributed by atoms with van der Waals surface area (Å²) < 4.78 is 0. The molecule has 2 heterocycles. The molecular weight excluding hydrogens is 206 g/mol. The zero-order valence-corrected chi connectivity index (χ0v) is 8.94. The number of piperazine rings is 1. The van der Waals surface area contributed by atoms with E-state index in [2.05, 4.69) is 20.6 Å². The van der Waals surface area contributed by atoms with Crippen molar-refractivity contribution in [1.82, 2.24) is 15.2 Å². The summed E-state index contributed by atoms with van der Waals surface area (Å²) in [4.78, 5) is 17.4. The van der Waals surface area contributed by atoms with Crippen LogP contribution >= 0.6 is 0 Å². The van der Waals surface area contributed by atoms with Crippen molar-refractivity contribution in [3.8, 4) is 0 Å². The summed E-state index contributed by atoms with van der Waals surface area (Å²) in [6, 6.07) is 3.81. The predicted octanol–water partition coefficient (Wildman–Crippen LogP) is -0.701. The second-order valence-electron chi connectivity index (χ2n) is 3.72. The minimum Gasteiger partial charge on any atom is -0.354 e. The molecule has 0 atom stereocenters. The SMILES string of the molecule is NNc1ncccc1CN1CCNC(=O)C1. The van der Waals surface area contributed by atoms with Crippen LogP contribution < -0.4 is 16.6 Å². The van der Waals surface area contributed by atoms with Crippen LogP contribution in [0, 0.1) is 0 Å². The summed E-state index contributed by atoms with van der Waals surface area (Å²) in [5.41, 5.74) is 3.56. The molecule has 6 heteroatoms. The van der Waals surface area contributed by atoms with Gasteiger partial charge in [-0.2, -0.15) is 0 Å². The fraction of sp³-hybridized carbons (Fsp3) is 0.400. The molecule has 1 aliphatic heterocycles. The van der Waals surface area contributed by atoms with Gasteiger partial charge in [-0.05, 0) is 6.07 Å². The van der Waals surface area contributed by atoms with Crippen molar-refractivity contribution in [1.29, 1.82) is 0 Å². The Labute approximate surface area is 93.8 Å². The largest absolute Gasteiger partial charge is 0.354 e. The van der Waals surface area contributed by atoms with Gasteiger partial charge in [-0.25, -0.2) is 10.8 Å². The van der Waals surface area contributed by atoms with Gasteiger partial charge in [0.2, 0.25) is 5.91 Å². The molecule has 0 bridgehead atoms. The number of aromatic nitrogens is 1. The molecule has 0 saturated carbocycles. The van der Waals surface area contributed by atoms with Gasteiger partial charge in [-0.1, -0.05) is 6.07 Å². The van der Waals surface area contributed by atoms with E-state index < -0.39 is 0 Å². The number of hydrazine groups is 1. The van der Waals surface area contributed by atoms with E-state index in [9.17, 15) is 4.79 Å². The monoisotopic (exact) mass is 221 g/mol. The normalized spacial score (nSPS) is 16.9. The number of anilines is 1. The van der Waals surface area contributed by atoms with Gasteiger partial charge in [0.05, 0.1) is 6.54 Å². The molecule has 1 fully saturated rings. The number of nitrogen functional groups attached to an aromatic ring is 1. The molecule has 0 spiro atoms.